The van der Waals surface area contributed by atoms with Gasteiger partial charge in [0.15, 0.2) is 0 Å². The predicted molar refractivity (Wildman–Crippen MR) is 155 cm³/mol. The Morgan fingerprint density at radius 3 is 1.37 bits per heavy atom. The van der Waals surface area contributed by atoms with Crippen molar-refractivity contribution in [3.8, 4) is 11.5 Å². The van der Waals surface area contributed by atoms with Crippen molar-refractivity contribution in [1.29, 1.82) is 0 Å². The van der Waals surface area contributed by atoms with Gasteiger partial charge in [-0.2, -0.15) is 0 Å². The van der Waals surface area contributed by atoms with Crippen LogP contribution in [0, 0.1) is 6.92 Å². The van der Waals surface area contributed by atoms with Gasteiger partial charge in [-0.1, -0.05) is 74.4 Å². The molecule has 0 saturated carbocycles. The van der Waals surface area contributed by atoms with Crippen LogP contribution in [-0.2, 0) is 18.3 Å². The van der Waals surface area contributed by atoms with E-state index in [2.05, 4.69) is 121 Å². The Hall–Kier alpha value is -1.96. The van der Waals surface area contributed by atoms with Crippen LogP contribution in [0.3, 0.4) is 0 Å². The lowest BCUT2D eigenvalue weighted by Gasteiger charge is -2.28. The van der Waals surface area contributed by atoms with Crippen molar-refractivity contribution < 1.29 is 9.47 Å². The van der Waals surface area contributed by atoms with E-state index >= 15 is 0 Å². The second-order valence-corrected chi connectivity index (χ2v) is 11.9. The predicted octanol–water partition coefficient (Wildman–Crippen LogP) is 9.93. The number of hydrogen-bond acceptors (Lipinski definition) is 2. The molecular weight excluding hydrogens is 428 g/mol. The van der Waals surface area contributed by atoms with E-state index in [1.807, 2.05) is 0 Å². The summed E-state index contributed by atoms with van der Waals surface area (Å²) in [7, 11) is 0. The van der Waals surface area contributed by atoms with Crippen LogP contribution in [0.1, 0.15) is 135 Å². The summed E-state index contributed by atoms with van der Waals surface area (Å²) in [4.78, 5) is 0. The molecule has 0 aliphatic rings. The highest BCUT2D eigenvalue weighted by Crippen LogP contribution is 2.38. The molecule has 0 radical (unpaired) electrons. The highest BCUT2D eigenvalue weighted by atomic mass is 16.5. The summed E-state index contributed by atoms with van der Waals surface area (Å²) >= 11 is 0. The van der Waals surface area contributed by atoms with Gasteiger partial charge in [0, 0.05) is 11.1 Å². The normalized spacial score (nSPS) is 11.8. The Morgan fingerprint density at radius 1 is 0.629 bits per heavy atom. The molecule has 198 valence electrons. The summed E-state index contributed by atoms with van der Waals surface area (Å²) in [5.41, 5.74) is 8.72. The fraction of sp³-hybridized carbons (Fsp3) is 0.636. The number of ether oxygens (including phenoxy) is 2. The molecule has 0 fully saturated rings. The lowest BCUT2D eigenvalue weighted by Crippen LogP contribution is -2.17. The molecule has 0 aliphatic heterocycles. The van der Waals surface area contributed by atoms with Crippen LogP contribution in [-0.4, -0.2) is 12.2 Å². The van der Waals surface area contributed by atoms with E-state index in [4.69, 9.17) is 9.47 Å². The van der Waals surface area contributed by atoms with E-state index < -0.39 is 0 Å². The van der Waals surface area contributed by atoms with Gasteiger partial charge in [-0.05, 0) is 99.1 Å². The van der Waals surface area contributed by atoms with Gasteiger partial charge in [-0.3, -0.25) is 0 Å². The van der Waals surface area contributed by atoms with Crippen LogP contribution < -0.4 is 9.47 Å². The second kappa shape index (κ2) is 13.4. The number of benzene rings is 2. The quantitative estimate of drug-likeness (QED) is 0.372. The fourth-order valence-corrected chi connectivity index (χ4v) is 4.93. The van der Waals surface area contributed by atoms with E-state index in [9.17, 15) is 0 Å². The zero-order valence-electron chi connectivity index (χ0n) is 25.3. The van der Waals surface area contributed by atoms with E-state index in [0.29, 0.717) is 11.8 Å². The summed E-state index contributed by atoms with van der Waals surface area (Å²) in [5, 5.41) is 0. The third-order valence-electron chi connectivity index (χ3n) is 6.26. The van der Waals surface area contributed by atoms with Crippen LogP contribution in [0.4, 0.5) is 0 Å². The fourth-order valence-electron chi connectivity index (χ4n) is 4.93. The van der Waals surface area contributed by atoms with E-state index in [-0.39, 0.29) is 17.6 Å². The highest BCUT2D eigenvalue weighted by molar-refractivity contribution is 5.49. The first-order valence-corrected chi connectivity index (χ1v) is 13.8. The van der Waals surface area contributed by atoms with Crippen molar-refractivity contribution >= 4 is 0 Å². The average molecular weight is 483 g/mol. The molecule has 2 nitrogen and oxygen atoms in total. The molecule has 0 aliphatic carbocycles. The molecule has 2 aromatic carbocycles. The van der Waals surface area contributed by atoms with Crippen LogP contribution in [0.5, 0.6) is 11.5 Å². The van der Waals surface area contributed by atoms with Gasteiger partial charge in [0.25, 0.3) is 0 Å². The Labute approximate surface area is 217 Å². The molecule has 0 bridgehead atoms. The monoisotopic (exact) mass is 482 g/mol. The highest BCUT2D eigenvalue weighted by Gasteiger charge is 2.23. The van der Waals surface area contributed by atoms with E-state index in [1.54, 1.807) is 0 Å². The minimum absolute atomic E-state index is 0.186. The van der Waals surface area contributed by atoms with Crippen molar-refractivity contribution in [2.75, 3.05) is 0 Å². The largest absolute Gasteiger partial charge is 0.491 e. The maximum atomic E-state index is 6.02. The Morgan fingerprint density at radius 2 is 1.03 bits per heavy atom. The minimum Gasteiger partial charge on any atom is -0.491 e. The molecule has 0 saturated heterocycles. The van der Waals surface area contributed by atoms with Crippen LogP contribution in [0.15, 0.2) is 24.3 Å². The zero-order chi connectivity index (χ0) is 27.1. The summed E-state index contributed by atoms with van der Waals surface area (Å²) in [6, 6.07) is 8.70. The molecule has 0 N–H and O–H groups in total. The van der Waals surface area contributed by atoms with Crippen molar-refractivity contribution in [3.63, 3.8) is 0 Å². The lowest BCUT2D eigenvalue weighted by atomic mass is 9.79. The molecule has 2 rings (SSSR count). The van der Waals surface area contributed by atoms with Crippen LogP contribution in [0.2, 0.25) is 0 Å². The van der Waals surface area contributed by atoms with Gasteiger partial charge in [-0.25, -0.2) is 0 Å². The maximum Gasteiger partial charge on any atom is 0.123 e. The van der Waals surface area contributed by atoms with Crippen LogP contribution in [0.25, 0.3) is 0 Å². The van der Waals surface area contributed by atoms with Crippen molar-refractivity contribution in [1.82, 2.24) is 0 Å². The third kappa shape index (κ3) is 8.58. The molecule has 0 heterocycles. The van der Waals surface area contributed by atoms with Gasteiger partial charge >= 0.3 is 0 Å². The number of hydrogen-bond donors (Lipinski definition) is 0. The van der Waals surface area contributed by atoms with Gasteiger partial charge < -0.3 is 9.47 Å². The first-order valence-electron chi connectivity index (χ1n) is 13.8. The molecule has 2 aromatic rings. The molecule has 2 heteroatoms. The molecular formula is C33H54O2. The van der Waals surface area contributed by atoms with Crippen molar-refractivity contribution in [2.24, 2.45) is 0 Å². The Bertz CT molecular complexity index is 927. The summed E-state index contributed by atoms with van der Waals surface area (Å²) in [6.45, 7) is 30.8. The van der Waals surface area contributed by atoms with Crippen molar-refractivity contribution in [3.05, 3.63) is 57.6 Å². The first-order chi connectivity index (χ1) is 16.1. The molecule has 0 aromatic heterocycles. The molecule has 35 heavy (non-hydrogen) atoms. The SMILES string of the molecule is CCc1c(C(C)(C)C)ccc(OC(C)C)c1C(C)C.CCc1c(C)ccc(OC(C)C)c1C(C)C. The van der Waals surface area contributed by atoms with E-state index in [0.717, 1.165) is 24.3 Å². The summed E-state index contributed by atoms with van der Waals surface area (Å²) < 4.78 is 11.9. The number of rotatable bonds is 8. The first kappa shape index (κ1) is 31.1. The lowest BCUT2D eigenvalue weighted by molar-refractivity contribution is 0.238. The van der Waals surface area contributed by atoms with Gasteiger partial charge in [0.05, 0.1) is 12.2 Å². The van der Waals surface area contributed by atoms with Crippen molar-refractivity contribution in [2.45, 2.75) is 139 Å². The minimum atomic E-state index is 0.186. The Kier molecular flexibility index (Phi) is 11.9. The average Bonchev–Trinajstić information content (AvgIpc) is 2.72. The molecule has 0 atom stereocenters. The summed E-state index contributed by atoms with van der Waals surface area (Å²) in [5.74, 6) is 3.14. The van der Waals surface area contributed by atoms with Crippen LogP contribution >= 0.6 is 0 Å². The smallest absolute Gasteiger partial charge is 0.123 e. The number of aryl methyl sites for hydroxylation is 1. The van der Waals surface area contributed by atoms with E-state index in [1.165, 1.54) is 33.4 Å². The molecule has 0 spiro atoms. The van der Waals surface area contributed by atoms with Gasteiger partial charge in [0.2, 0.25) is 0 Å². The van der Waals surface area contributed by atoms with Gasteiger partial charge in [-0.15, -0.1) is 0 Å². The standard InChI is InChI=1S/C18H30O.C15H24O/c1-9-14-15(18(6,7)8)10-11-16(19-13(4)5)17(14)12(2)3;1-7-13-12(6)8-9-14(16-11(4)5)15(13)10(2)3/h10-13H,9H2,1-8H3;8-11H,7H2,1-6H3. The summed E-state index contributed by atoms with van der Waals surface area (Å²) in [6.07, 6.45) is 2.61. The topological polar surface area (TPSA) is 18.5 Å². The maximum absolute atomic E-state index is 6.02. The Balaban J connectivity index is 0.000000355. The molecule has 0 amide bonds. The zero-order valence-corrected chi connectivity index (χ0v) is 25.3. The van der Waals surface area contributed by atoms with Gasteiger partial charge in [0.1, 0.15) is 11.5 Å². The second-order valence-electron chi connectivity index (χ2n) is 11.9. The molecule has 0 unspecified atom stereocenters. The third-order valence-corrected chi connectivity index (χ3v) is 6.26.